The molecule has 0 radical (unpaired) electrons. The second-order valence-corrected chi connectivity index (χ2v) is 9.97. The molecule has 6 rings (SSSR count). The molecule has 0 spiro atoms. The van der Waals surface area contributed by atoms with Crippen LogP contribution in [-0.2, 0) is 4.79 Å². The highest BCUT2D eigenvalue weighted by atomic mass is 16.5. The molecule has 4 bridgehead atoms. The molecular weight excluding hydrogens is 390 g/mol. The number of nitrogens with one attached hydrogen (secondary N) is 1. The van der Waals surface area contributed by atoms with E-state index in [1.807, 2.05) is 31.2 Å². The van der Waals surface area contributed by atoms with Crippen LogP contribution in [0.25, 0.3) is 10.9 Å². The van der Waals surface area contributed by atoms with Crippen molar-refractivity contribution < 1.29 is 14.3 Å². The molecule has 6 heteroatoms. The number of ether oxygens (including phenoxy) is 1. The van der Waals surface area contributed by atoms with Gasteiger partial charge in [0, 0.05) is 16.8 Å². The molecular formula is C25H31N3O3. The zero-order valence-corrected chi connectivity index (χ0v) is 18.3. The number of aromatic nitrogens is 1. The molecule has 1 aromatic heterocycles. The average molecular weight is 422 g/mol. The van der Waals surface area contributed by atoms with Crippen molar-refractivity contribution in [1.29, 1.82) is 0 Å². The number of nitrogens with zero attached hydrogens (tertiary/aromatic N) is 1. The van der Waals surface area contributed by atoms with Crippen LogP contribution in [0.5, 0.6) is 5.75 Å². The summed E-state index contributed by atoms with van der Waals surface area (Å²) >= 11 is 0. The van der Waals surface area contributed by atoms with E-state index in [1.165, 1.54) is 0 Å². The Morgan fingerprint density at radius 3 is 2.61 bits per heavy atom. The summed E-state index contributed by atoms with van der Waals surface area (Å²) in [5.41, 5.74) is 6.57. The van der Waals surface area contributed by atoms with Crippen LogP contribution in [0.2, 0.25) is 0 Å². The first-order chi connectivity index (χ1) is 14.9. The third-order valence-electron chi connectivity index (χ3n) is 7.91. The smallest absolute Gasteiger partial charge is 0.270 e. The third-order valence-corrected chi connectivity index (χ3v) is 7.91. The van der Waals surface area contributed by atoms with E-state index in [2.05, 4.69) is 17.2 Å². The first kappa shape index (κ1) is 20.3. The number of hydrogen-bond donors (Lipinski definition) is 2. The summed E-state index contributed by atoms with van der Waals surface area (Å²) in [6.07, 6.45) is 5.67. The fourth-order valence-corrected chi connectivity index (χ4v) is 6.43. The number of benzene rings is 1. The van der Waals surface area contributed by atoms with Crippen molar-refractivity contribution in [3.8, 4) is 5.75 Å². The topological polar surface area (TPSA) is 94.3 Å². The van der Waals surface area contributed by atoms with Gasteiger partial charge in [-0.2, -0.15) is 0 Å². The Bertz CT molecular complexity index is 1020. The Balaban J connectivity index is 1.38. The van der Waals surface area contributed by atoms with E-state index in [-0.39, 0.29) is 29.4 Å². The molecule has 2 aromatic rings. The third kappa shape index (κ3) is 3.46. The molecule has 0 saturated heterocycles. The van der Waals surface area contributed by atoms with Gasteiger partial charge in [0.05, 0.1) is 6.10 Å². The number of para-hydroxylation sites is 1. The number of primary amides is 1. The fourth-order valence-electron chi connectivity index (χ4n) is 6.43. The van der Waals surface area contributed by atoms with Crippen LogP contribution in [0.3, 0.4) is 0 Å². The Hall–Kier alpha value is -2.63. The molecule has 1 aromatic carbocycles. The highest BCUT2D eigenvalue weighted by Crippen LogP contribution is 2.59. The first-order valence-electron chi connectivity index (χ1n) is 11.6. The maximum atomic E-state index is 13.2. The molecule has 3 N–H and O–H groups in total. The monoisotopic (exact) mass is 421 g/mol. The molecule has 31 heavy (non-hydrogen) atoms. The number of pyridine rings is 1. The molecule has 6 nitrogen and oxygen atoms in total. The van der Waals surface area contributed by atoms with Gasteiger partial charge in [0.2, 0.25) is 5.91 Å². The standard InChI is InChI=1S/C25H31N3O3/c1-3-14(2)31-20-6-4-5-16-7-8-19(27-22(16)20)23(29)28-21-17-9-15-10-18(21)13-25(11-15,12-17)24(26)30/h4-8,14-15,17-18,21H,3,9-13H2,1-2H3,(H2,26,30)(H,28,29). The van der Waals surface area contributed by atoms with Crippen LogP contribution in [0, 0.1) is 23.2 Å². The largest absolute Gasteiger partial charge is 0.488 e. The van der Waals surface area contributed by atoms with Crippen molar-refractivity contribution in [3.63, 3.8) is 0 Å². The van der Waals surface area contributed by atoms with Gasteiger partial charge in [-0.3, -0.25) is 9.59 Å². The van der Waals surface area contributed by atoms with Crippen LogP contribution in [-0.4, -0.2) is 28.9 Å². The summed E-state index contributed by atoms with van der Waals surface area (Å²) < 4.78 is 6.03. The van der Waals surface area contributed by atoms with Crippen molar-refractivity contribution in [3.05, 3.63) is 36.0 Å². The number of nitrogens with two attached hydrogens (primary N) is 1. The zero-order valence-electron chi connectivity index (χ0n) is 18.3. The lowest BCUT2D eigenvalue weighted by Crippen LogP contribution is -2.62. The maximum Gasteiger partial charge on any atom is 0.270 e. The second kappa shape index (κ2) is 7.50. The molecule has 4 aliphatic rings. The lowest BCUT2D eigenvalue weighted by atomic mass is 9.47. The van der Waals surface area contributed by atoms with Gasteiger partial charge in [-0.05, 0) is 75.3 Å². The Kier molecular flexibility index (Phi) is 4.91. The van der Waals surface area contributed by atoms with Gasteiger partial charge in [0.25, 0.3) is 5.91 Å². The van der Waals surface area contributed by atoms with Gasteiger partial charge in [0.1, 0.15) is 17.0 Å². The van der Waals surface area contributed by atoms with Gasteiger partial charge >= 0.3 is 0 Å². The van der Waals surface area contributed by atoms with Crippen LogP contribution >= 0.6 is 0 Å². The summed E-state index contributed by atoms with van der Waals surface area (Å²) in [6, 6.07) is 9.65. The van der Waals surface area contributed by atoms with Gasteiger partial charge in [-0.25, -0.2) is 4.98 Å². The number of fused-ring (bicyclic) bond motifs is 1. The second-order valence-electron chi connectivity index (χ2n) is 9.97. The fraction of sp³-hybridized carbons (Fsp3) is 0.560. The zero-order chi connectivity index (χ0) is 21.8. The van der Waals surface area contributed by atoms with Crippen molar-refractivity contribution in [1.82, 2.24) is 10.3 Å². The number of carbonyl (C=O) groups is 2. The van der Waals surface area contributed by atoms with E-state index in [0.29, 0.717) is 34.7 Å². The van der Waals surface area contributed by atoms with Crippen LogP contribution < -0.4 is 15.8 Å². The first-order valence-corrected chi connectivity index (χ1v) is 11.6. The molecule has 4 saturated carbocycles. The van der Waals surface area contributed by atoms with E-state index in [1.54, 1.807) is 6.07 Å². The van der Waals surface area contributed by atoms with E-state index >= 15 is 0 Å². The van der Waals surface area contributed by atoms with Gasteiger partial charge in [0.15, 0.2) is 0 Å². The van der Waals surface area contributed by atoms with Crippen molar-refractivity contribution in [2.75, 3.05) is 0 Å². The predicted molar refractivity (Wildman–Crippen MR) is 119 cm³/mol. The van der Waals surface area contributed by atoms with Crippen molar-refractivity contribution in [2.45, 2.75) is 64.5 Å². The van der Waals surface area contributed by atoms with E-state index in [9.17, 15) is 9.59 Å². The van der Waals surface area contributed by atoms with E-state index in [4.69, 9.17) is 10.5 Å². The highest BCUT2D eigenvalue weighted by molar-refractivity contribution is 5.96. The molecule has 3 unspecified atom stereocenters. The minimum absolute atomic E-state index is 0.0792. The maximum absolute atomic E-state index is 13.2. The highest BCUT2D eigenvalue weighted by Gasteiger charge is 2.58. The SMILES string of the molecule is CCC(C)Oc1cccc2ccc(C(=O)NC3C4CC5CC3CC(C(N)=O)(C5)C4)nc12. The summed E-state index contributed by atoms with van der Waals surface area (Å²) in [4.78, 5) is 30.0. The van der Waals surface area contributed by atoms with Gasteiger partial charge < -0.3 is 15.8 Å². The minimum atomic E-state index is -0.346. The molecule has 4 fully saturated rings. The summed E-state index contributed by atoms with van der Waals surface area (Å²) in [5, 5.41) is 4.23. The van der Waals surface area contributed by atoms with Crippen LogP contribution in [0.1, 0.15) is 62.9 Å². The number of hydrogen-bond acceptors (Lipinski definition) is 4. The molecule has 4 aliphatic carbocycles. The lowest BCUT2D eigenvalue weighted by molar-refractivity contribution is -0.145. The Labute approximate surface area is 182 Å². The molecule has 3 atom stereocenters. The number of carbonyl (C=O) groups excluding carboxylic acids is 2. The van der Waals surface area contributed by atoms with Crippen molar-refractivity contribution in [2.24, 2.45) is 28.9 Å². The van der Waals surface area contributed by atoms with E-state index < -0.39 is 0 Å². The van der Waals surface area contributed by atoms with Crippen LogP contribution in [0.4, 0.5) is 0 Å². The summed E-state index contributed by atoms with van der Waals surface area (Å²) in [6.45, 7) is 4.11. The summed E-state index contributed by atoms with van der Waals surface area (Å²) in [5.74, 6) is 1.63. The predicted octanol–water partition coefficient (Wildman–Crippen LogP) is 3.82. The van der Waals surface area contributed by atoms with Crippen LogP contribution in [0.15, 0.2) is 30.3 Å². The Morgan fingerprint density at radius 2 is 1.94 bits per heavy atom. The lowest BCUT2D eigenvalue weighted by Gasteiger charge is -2.58. The number of rotatable bonds is 6. The normalized spacial score (nSPS) is 32.1. The van der Waals surface area contributed by atoms with Gasteiger partial charge in [-0.15, -0.1) is 0 Å². The molecule has 164 valence electrons. The molecule has 2 amide bonds. The van der Waals surface area contributed by atoms with Gasteiger partial charge in [-0.1, -0.05) is 25.1 Å². The quantitative estimate of drug-likeness (QED) is 0.741. The molecule has 1 heterocycles. The van der Waals surface area contributed by atoms with Crippen molar-refractivity contribution >= 4 is 22.7 Å². The average Bonchev–Trinajstić information content (AvgIpc) is 2.75. The molecule has 0 aliphatic heterocycles. The number of amides is 2. The Morgan fingerprint density at radius 1 is 1.19 bits per heavy atom. The minimum Gasteiger partial charge on any atom is -0.488 e. The van der Waals surface area contributed by atoms with E-state index in [0.717, 1.165) is 43.9 Å². The summed E-state index contributed by atoms with van der Waals surface area (Å²) in [7, 11) is 0.